The van der Waals surface area contributed by atoms with Crippen molar-refractivity contribution >= 4 is 0 Å². The molecule has 0 heterocycles. The van der Waals surface area contributed by atoms with Crippen LogP contribution >= 0.6 is 0 Å². The Balaban J connectivity index is 2.34. The fourth-order valence-corrected chi connectivity index (χ4v) is 1.98. The number of hydrogen-bond acceptors (Lipinski definition) is 1. The summed E-state index contributed by atoms with van der Waals surface area (Å²) in [6, 6.07) is 0. The van der Waals surface area contributed by atoms with Gasteiger partial charge < -0.3 is 5.11 Å². The summed E-state index contributed by atoms with van der Waals surface area (Å²) < 4.78 is 0. The van der Waals surface area contributed by atoms with Gasteiger partial charge in [-0.15, -0.1) is 0 Å². The smallest absolute Gasteiger partial charge is 0.0540 e. The van der Waals surface area contributed by atoms with Crippen LogP contribution in [0.3, 0.4) is 0 Å². The molecule has 0 spiro atoms. The Hall–Kier alpha value is -0.0400. The van der Waals surface area contributed by atoms with Crippen LogP contribution < -0.4 is 0 Å². The van der Waals surface area contributed by atoms with Gasteiger partial charge in [0.2, 0.25) is 0 Å². The highest BCUT2D eigenvalue weighted by molar-refractivity contribution is 4.71. The van der Waals surface area contributed by atoms with Gasteiger partial charge in [-0.1, -0.05) is 26.7 Å². The Kier molecular flexibility index (Phi) is 3.38. The molecule has 1 N–H and O–H groups in total. The number of hydrogen-bond donors (Lipinski definition) is 1. The van der Waals surface area contributed by atoms with Crippen molar-refractivity contribution < 1.29 is 5.11 Å². The molecule has 0 bridgehead atoms. The Morgan fingerprint density at radius 2 is 1.82 bits per heavy atom. The lowest BCUT2D eigenvalue weighted by molar-refractivity contribution is 0.154. The van der Waals surface area contributed by atoms with Gasteiger partial charge in [-0.25, -0.2) is 0 Å². The first-order valence-corrected chi connectivity index (χ1v) is 4.88. The van der Waals surface area contributed by atoms with Gasteiger partial charge in [0.25, 0.3) is 0 Å². The minimum atomic E-state index is -0.00116. The summed E-state index contributed by atoms with van der Waals surface area (Å²) in [5.74, 6) is 1.67. The quantitative estimate of drug-likeness (QED) is 0.578. The van der Waals surface area contributed by atoms with Gasteiger partial charge in [-0.3, -0.25) is 0 Å². The normalized spacial score (nSPS) is 33.8. The maximum Gasteiger partial charge on any atom is 0.0540 e. The first-order valence-electron chi connectivity index (χ1n) is 4.88. The highest BCUT2D eigenvalue weighted by atomic mass is 16.3. The minimum Gasteiger partial charge on any atom is -0.393 e. The predicted octanol–water partition coefficient (Wildman–Crippen LogP) is 2.58. The van der Waals surface area contributed by atoms with Crippen molar-refractivity contribution in [2.75, 3.05) is 0 Å². The van der Waals surface area contributed by atoms with Crippen molar-refractivity contribution in [2.24, 2.45) is 11.8 Å². The molecule has 0 aromatic rings. The Morgan fingerprint density at radius 1 is 1.09 bits per heavy atom. The fourth-order valence-electron chi connectivity index (χ4n) is 1.98. The molecule has 11 heavy (non-hydrogen) atoms. The van der Waals surface area contributed by atoms with Gasteiger partial charge in [0.15, 0.2) is 0 Å². The fraction of sp³-hybridized carbons (Fsp3) is 1.00. The summed E-state index contributed by atoms with van der Waals surface area (Å²) in [4.78, 5) is 0. The molecule has 1 heteroatoms. The summed E-state index contributed by atoms with van der Waals surface area (Å²) in [6.45, 7) is 4.59. The summed E-state index contributed by atoms with van der Waals surface area (Å²) in [5, 5.41) is 9.39. The Bertz CT molecular complexity index is 109. The number of aliphatic hydroxyl groups excluding tert-OH is 1. The zero-order valence-corrected chi connectivity index (χ0v) is 7.71. The molecule has 1 rings (SSSR count). The lowest BCUT2D eigenvalue weighted by Crippen LogP contribution is -2.08. The zero-order valence-electron chi connectivity index (χ0n) is 7.71. The van der Waals surface area contributed by atoms with Crippen LogP contribution in [0.2, 0.25) is 0 Å². The van der Waals surface area contributed by atoms with Crippen molar-refractivity contribution in [3.63, 3.8) is 0 Å². The minimum absolute atomic E-state index is 0.00116. The van der Waals surface area contributed by atoms with E-state index < -0.39 is 0 Å². The average Bonchev–Trinajstić information content (AvgIpc) is 2.13. The number of rotatable bonds is 1. The second-order valence-electron chi connectivity index (χ2n) is 4.17. The third kappa shape index (κ3) is 2.82. The number of aliphatic hydroxyl groups is 1. The first-order chi connectivity index (χ1) is 5.20. The molecule has 1 fully saturated rings. The van der Waals surface area contributed by atoms with E-state index in [1.807, 2.05) is 0 Å². The molecule has 1 nitrogen and oxygen atoms in total. The maximum atomic E-state index is 9.39. The SMILES string of the molecule is CC(C)[C@@H]1CCC[C@H](O)CC1. The van der Waals surface area contributed by atoms with Gasteiger partial charge in [0.1, 0.15) is 0 Å². The average molecular weight is 156 g/mol. The summed E-state index contributed by atoms with van der Waals surface area (Å²) in [5.41, 5.74) is 0. The highest BCUT2D eigenvalue weighted by Gasteiger charge is 2.18. The standard InChI is InChI=1S/C10H20O/c1-8(2)9-4-3-5-10(11)7-6-9/h8-11H,3-7H2,1-2H3/t9-,10+/m1/s1. The predicted molar refractivity (Wildman–Crippen MR) is 47.4 cm³/mol. The molecule has 0 saturated heterocycles. The van der Waals surface area contributed by atoms with Crippen LogP contribution in [0.25, 0.3) is 0 Å². The van der Waals surface area contributed by atoms with Crippen LogP contribution in [0.5, 0.6) is 0 Å². The Labute approximate surface area is 69.8 Å². The van der Waals surface area contributed by atoms with Crippen LogP contribution in [0.4, 0.5) is 0 Å². The van der Waals surface area contributed by atoms with Gasteiger partial charge in [0, 0.05) is 0 Å². The second-order valence-corrected chi connectivity index (χ2v) is 4.17. The van der Waals surface area contributed by atoms with Gasteiger partial charge in [0.05, 0.1) is 6.10 Å². The van der Waals surface area contributed by atoms with Gasteiger partial charge in [-0.05, 0) is 31.1 Å². The largest absolute Gasteiger partial charge is 0.393 e. The van der Waals surface area contributed by atoms with Gasteiger partial charge >= 0.3 is 0 Å². The van der Waals surface area contributed by atoms with Crippen LogP contribution in [-0.4, -0.2) is 11.2 Å². The molecular formula is C10H20O. The second kappa shape index (κ2) is 4.10. The van der Waals surface area contributed by atoms with E-state index >= 15 is 0 Å². The van der Waals surface area contributed by atoms with Crippen LogP contribution in [0.15, 0.2) is 0 Å². The monoisotopic (exact) mass is 156 g/mol. The molecule has 1 aliphatic rings. The molecular weight excluding hydrogens is 136 g/mol. The van der Waals surface area contributed by atoms with Crippen molar-refractivity contribution in [3.8, 4) is 0 Å². The molecule has 2 atom stereocenters. The maximum absolute atomic E-state index is 9.39. The topological polar surface area (TPSA) is 20.2 Å². The molecule has 0 aliphatic heterocycles. The Morgan fingerprint density at radius 3 is 2.45 bits per heavy atom. The van der Waals surface area contributed by atoms with E-state index in [0.29, 0.717) is 0 Å². The first kappa shape index (κ1) is 9.05. The van der Waals surface area contributed by atoms with E-state index in [4.69, 9.17) is 0 Å². The van der Waals surface area contributed by atoms with E-state index in [1.165, 1.54) is 19.3 Å². The lowest BCUT2D eigenvalue weighted by atomic mass is 9.89. The third-order valence-corrected chi connectivity index (χ3v) is 2.93. The van der Waals surface area contributed by atoms with Crippen molar-refractivity contribution in [2.45, 2.75) is 52.1 Å². The molecule has 0 amide bonds. The third-order valence-electron chi connectivity index (χ3n) is 2.93. The molecule has 0 unspecified atom stereocenters. The van der Waals surface area contributed by atoms with E-state index in [1.54, 1.807) is 0 Å². The summed E-state index contributed by atoms with van der Waals surface area (Å²) in [7, 11) is 0. The van der Waals surface area contributed by atoms with Crippen molar-refractivity contribution in [1.82, 2.24) is 0 Å². The molecule has 1 aliphatic carbocycles. The highest BCUT2D eigenvalue weighted by Crippen LogP contribution is 2.28. The van der Waals surface area contributed by atoms with Crippen LogP contribution in [0.1, 0.15) is 46.0 Å². The van der Waals surface area contributed by atoms with E-state index in [9.17, 15) is 5.11 Å². The molecule has 0 radical (unpaired) electrons. The van der Waals surface area contributed by atoms with Crippen LogP contribution in [0, 0.1) is 11.8 Å². The molecule has 0 aromatic carbocycles. The van der Waals surface area contributed by atoms with E-state index in [2.05, 4.69) is 13.8 Å². The van der Waals surface area contributed by atoms with Gasteiger partial charge in [-0.2, -0.15) is 0 Å². The summed E-state index contributed by atoms with van der Waals surface area (Å²) in [6.07, 6.45) is 5.85. The lowest BCUT2D eigenvalue weighted by Gasteiger charge is -2.17. The molecule has 0 aromatic heterocycles. The van der Waals surface area contributed by atoms with E-state index in [-0.39, 0.29) is 6.10 Å². The zero-order chi connectivity index (χ0) is 8.27. The molecule has 66 valence electrons. The van der Waals surface area contributed by atoms with Crippen LogP contribution in [-0.2, 0) is 0 Å². The van der Waals surface area contributed by atoms with E-state index in [0.717, 1.165) is 24.7 Å². The van der Waals surface area contributed by atoms with Crippen molar-refractivity contribution in [3.05, 3.63) is 0 Å². The van der Waals surface area contributed by atoms with Crippen molar-refractivity contribution in [1.29, 1.82) is 0 Å². The summed E-state index contributed by atoms with van der Waals surface area (Å²) >= 11 is 0. The molecule has 1 saturated carbocycles.